The number of anilines is 2. The first-order chi connectivity index (χ1) is 17.0. The molecule has 2 aromatic carbocycles. The van der Waals surface area contributed by atoms with Gasteiger partial charge >= 0.3 is 5.97 Å². The maximum absolute atomic E-state index is 12.9. The predicted molar refractivity (Wildman–Crippen MR) is 135 cm³/mol. The van der Waals surface area contributed by atoms with Crippen LogP contribution in [0, 0.1) is 72.3 Å². The number of rotatable bonds is 4. The van der Waals surface area contributed by atoms with Crippen molar-refractivity contribution in [2.45, 2.75) is 0 Å². The minimum Gasteiger partial charge on any atom is -0.476 e. The number of benzene rings is 2. The summed E-state index contributed by atoms with van der Waals surface area (Å²) < 4.78 is 0. The van der Waals surface area contributed by atoms with E-state index in [1.165, 1.54) is 11.0 Å². The molecule has 6 nitrogen and oxygen atoms in total. The van der Waals surface area contributed by atoms with E-state index in [-0.39, 0.29) is 11.3 Å². The van der Waals surface area contributed by atoms with Crippen molar-refractivity contribution in [2.75, 3.05) is 9.91 Å². The normalized spacial score (nSPS) is 12.1. The summed E-state index contributed by atoms with van der Waals surface area (Å²) in [5.41, 5.74) is 1.22. The zero-order valence-electron chi connectivity index (χ0n) is 18.0. The molecule has 1 heterocycles. The lowest BCUT2D eigenvalue weighted by Gasteiger charge is -2.11. The van der Waals surface area contributed by atoms with E-state index in [9.17, 15) is 14.7 Å². The van der Waals surface area contributed by atoms with Crippen LogP contribution in [0.1, 0.15) is 5.56 Å². The molecule has 2 aromatic rings. The highest BCUT2D eigenvalue weighted by molar-refractivity contribution is 6.53. The second-order valence-electron chi connectivity index (χ2n) is 6.45. The van der Waals surface area contributed by atoms with Gasteiger partial charge in [0.1, 0.15) is 0 Å². The van der Waals surface area contributed by atoms with Crippen molar-refractivity contribution in [1.29, 1.82) is 0 Å². The van der Waals surface area contributed by atoms with Crippen LogP contribution < -0.4 is 9.91 Å². The van der Waals surface area contributed by atoms with Gasteiger partial charge < -0.3 is 5.11 Å². The largest absolute Gasteiger partial charge is 0.476 e. The van der Waals surface area contributed by atoms with Gasteiger partial charge in [-0.2, -0.15) is 10.1 Å². The van der Waals surface area contributed by atoms with Gasteiger partial charge in [0.05, 0.1) is 16.9 Å². The van der Waals surface area contributed by atoms with E-state index in [4.69, 9.17) is 12.8 Å². The number of para-hydroxylation sites is 1. The molecule has 1 amide bonds. The van der Waals surface area contributed by atoms with E-state index >= 15 is 0 Å². The molecule has 0 aromatic heterocycles. The maximum atomic E-state index is 12.9. The van der Waals surface area contributed by atoms with Crippen LogP contribution in [0.4, 0.5) is 11.4 Å². The lowest BCUT2D eigenvalue weighted by atomic mass is 10.1. The molecule has 0 atom stereocenters. The van der Waals surface area contributed by atoms with Crippen LogP contribution in [0.5, 0.6) is 0 Å². The molecule has 0 unspecified atom stereocenters. The first-order valence-electron chi connectivity index (χ1n) is 9.81. The first kappa shape index (κ1) is 23.6. The molecule has 3 rings (SSSR count). The number of carbonyl (C=O) groups is 2. The fourth-order valence-corrected chi connectivity index (χ4v) is 2.79. The summed E-state index contributed by atoms with van der Waals surface area (Å²) >= 11 is 0. The van der Waals surface area contributed by atoms with E-state index in [0.717, 1.165) is 5.01 Å². The summed E-state index contributed by atoms with van der Waals surface area (Å²) in [7, 11) is 0. The zero-order chi connectivity index (χ0) is 25.0. The Balaban J connectivity index is 1.93. The van der Waals surface area contributed by atoms with Crippen molar-refractivity contribution in [1.82, 2.24) is 0 Å². The van der Waals surface area contributed by atoms with Gasteiger partial charge in [0.15, 0.2) is 5.71 Å². The van der Waals surface area contributed by atoms with Crippen LogP contribution in [-0.2, 0) is 9.59 Å². The van der Waals surface area contributed by atoms with Gasteiger partial charge in [-0.15, -0.1) is 12.8 Å². The predicted octanol–water partition coefficient (Wildman–Crippen LogP) is 2.56. The Morgan fingerprint density at radius 1 is 0.886 bits per heavy atom. The first-order valence-corrected chi connectivity index (χ1v) is 9.81. The summed E-state index contributed by atoms with van der Waals surface area (Å²) in [6.45, 7) is 0. The van der Waals surface area contributed by atoms with Crippen LogP contribution in [0.2, 0.25) is 0 Å². The summed E-state index contributed by atoms with van der Waals surface area (Å²) in [6.07, 6.45) is 11.6. The Hall–Kier alpha value is -6.05. The van der Waals surface area contributed by atoms with Gasteiger partial charge in [-0.05, 0) is 59.6 Å². The SMILES string of the molecule is C#CC#CC#CN(C#CC#CC#C)c1ccc(C=C2C(=O)N(c3ccccc3)N=C2C(=O)O)cc1. The lowest BCUT2D eigenvalue weighted by molar-refractivity contribution is -0.129. The molecule has 0 saturated heterocycles. The minimum absolute atomic E-state index is 0.0420. The number of carbonyl (C=O) groups excluding carboxylic acids is 1. The number of hydrogen-bond donors (Lipinski definition) is 1. The molecular formula is C29H13N3O3. The summed E-state index contributed by atoms with van der Waals surface area (Å²) in [4.78, 5) is 26.0. The topological polar surface area (TPSA) is 73.2 Å². The highest BCUT2D eigenvalue weighted by Crippen LogP contribution is 2.25. The molecule has 0 fully saturated rings. The van der Waals surface area contributed by atoms with Gasteiger partial charge in [-0.3, -0.25) is 4.79 Å². The number of amides is 1. The van der Waals surface area contributed by atoms with Crippen molar-refractivity contribution in [3.05, 3.63) is 65.7 Å². The molecule has 1 aliphatic heterocycles. The quantitative estimate of drug-likeness (QED) is 0.441. The number of aliphatic carboxylic acids is 1. The zero-order valence-corrected chi connectivity index (χ0v) is 18.0. The van der Waals surface area contributed by atoms with E-state index in [1.54, 1.807) is 54.6 Å². The fourth-order valence-electron chi connectivity index (χ4n) is 2.79. The molecule has 0 bridgehead atoms. The Kier molecular flexibility index (Phi) is 7.78. The van der Waals surface area contributed by atoms with Crippen LogP contribution in [0.3, 0.4) is 0 Å². The van der Waals surface area contributed by atoms with E-state index in [1.807, 2.05) is 0 Å². The summed E-state index contributed by atoms with van der Waals surface area (Å²) in [6, 6.07) is 20.8. The number of nitrogens with zero attached hydrogens (tertiary/aromatic N) is 3. The fraction of sp³-hybridized carbons (Fsp3) is 0. The van der Waals surface area contributed by atoms with E-state index in [0.29, 0.717) is 16.9 Å². The third kappa shape index (κ3) is 6.01. The van der Waals surface area contributed by atoms with Crippen molar-refractivity contribution in [2.24, 2.45) is 5.10 Å². The number of terminal acetylenes is 2. The van der Waals surface area contributed by atoms with Crippen LogP contribution in [0.15, 0.2) is 65.3 Å². The van der Waals surface area contributed by atoms with Gasteiger partial charge in [0, 0.05) is 35.8 Å². The van der Waals surface area contributed by atoms with Gasteiger partial charge in [0.2, 0.25) is 0 Å². The molecule has 0 radical (unpaired) electrons. The highest BCUT2D eigenvalue weighted by Gasteiger charge is 2.35. The molecular weight excluding hydrogens is 438 g/mol. The molecule has 1 aliphatic rings. The van der Waals surface area contributed by atoms with E-state index < -0.39 is 11.9 Å². The van der Waals surface area contributed by atoms with Crippen LogP contribution in [0.25, 0.3) is 6.08 Å². The second kappa shape index (κ2) is 11.5. The van der Waals surface area contributed by atoms with Gasteiger partial charge in [0.25, 0.3) is 5.91 Å². The average molecular weight is 451 g/mol. The molecule has 6 heteroatoms. The smallest absolute Gasteiger partial charge is 0.357 e. The molecule has 35 heavy (non-hydrogen) atoms. The second-order valence-corrected chi connectivity index (χ2v) is 6.45. The number of hydrogen-bond acceptors (Lipinski definition) is 4. The third-order valence-corrected chi connectivity index (χ3v) is 4.27. The Labute approximate surface area is 202 Å². The molecule has 0 saturated carbocycles. The Bertz CT molecular complexity index is 1520. The lowest BCUT2D eigenvalue weighted by Crippen LogP contribution is -2.22. The third-order valence-electron chi connectivity index (χ3n) is 4.27. The maximum Gasteiger partial charge on any atom is 0.357 e. The Morgan fingerprint density at radius 2 is 1.49 bits per heavy atom. The standard InChI is InChI=1S/C29H13N3O3/c1-3-5-7-12-20-31(21-13-8-6-4-2)24-18-16-23(17-19-24)22-26-27(29(34)35)30-32(28(26)33)25-14-10-9-11-15-25/h1-2,9-11,14-19,22H,(H,34,35). The molecule has 1 N–H and O–H groups in total. The van der Waals surface area contributed by atoms with Crippen molar-refractivity contribution >= 4 is 35.0 Å². The van der Waals surface area contributed by atoms with Crippen molar-refractivity contribution in [3.8, 4) is 72.3 Å². The molecule has 0 aliphatic carbocycles. The average Bonchev–Trinajstić information content (AvgIpc) is 3.20. The van der Waals surface area contributed by atoms with E-state index in [2.05, 4.69) is 64.6 Å². The summed E-state index contributed by atoms with van der Waals surface area (Å²) in [5.74, 6) is 17.4. The number of carboxylic acid groups (broad SMARTS) is 1. The van der Waals surface area contributed by atoms with Crippen molar-refractivity contribution in [3.63, 3.8) is 0 Å². The van der Waals surface area contributed by atoms with Crippen LogP contribution in [-0.4, -0.2) is 22.7 Å². The summed E-state index contributed by atoms with van der Waals surface area (Å²) in [5, 5.41) is 14.6. The molecule has 0 spiro atoms. The molecule has 162 valence electrons. The minimum atomic E-state index is -1.31. The highest BCUT2D eigenvalue weighted by atomic mass is 16.4. The van der Waals surface area contributed by atoms with Gasteiger partial charge in [-0.25, -0.2) is 9.69 Å². The number of carboxylic acids is 1. The monoisotopic (exact) mass is 451 g/mol. The van der Waals surface area contributed by atoms with Crippen LogP contribution >= 0.6 is 0 Å². The van der Waals surface area contributed by atoms with Crippen molar-refractivity contribution < 1.29 is 14.7 Å². The number of hydrazone groups is 1. The van der Waals surface area contributed by atoms with Gasteiger partial charge in [-0.1, -0.05) is 30.3 Å². The Morgan fingerprint density at radius 3 is 2.03 bits per heavy atom.